The molecule has 2 amide bonds. The number of hydrogen-bond acceptors (Lipinski definition) is 14. The summed E-state index contributed by atoms with van der Waals surface area (Å²) in [5.41, 5.74) is 0. The molecule has 7 atom stereocenters. The highest BCUT2D eigenvalue weighted by Gasteiger charge is 2.45. The van der Waals surface area contributed by atoms with Gasteiger partial charge in [0, 0.05) is 30.8 Å². The first-order valence-electron chi connectivity index (χ1n) is 33.8. The van der Waals surface area contributed by atoms with Crippen molar-refractivity contribution in [1.82, 2.24) is 20.3 Å². The van der Waals surface area contributed by atoms with Gasteiger partial charge in [0.05, 0.1) is 12.8 Å². The number of carbonyl (C=O) groups is 4. The summed E-state index contributed by atoms with van der Waals surface area (Å²) in [7, 11) is 0. The Bertz CT molecular complexity index is 1690. The van der Waals surface area contributed by atoms with Gasteiger partial charge in [0.25, 0.3) is 0 Å². The average molecular weight is 1180 g/mol. The van der Waals surface area contributed by atoms with Crippen LogP contribution in [-0.4, -0.2) is 120 Å². The van der Waals surface area contributed by atoms with Crippen molar-refractivity contribution in [2.45, 2.75) is 352 Å². The predicted octanol–water partition coefficient (Wildman–Crippen LogP) is 14.5. The van der Waals surface area contributed by atoms with E-state index in [4.69, 9.17) is 14.2 Å². The Kier molecular flexibility index (Phi) is 48.2. The number of hydrogen-bond donors (Lipinski definition) is 6. The molecule has 0 aromatic carbocycles. The SMILES string of the molecule is CCCCCCCCCCCCCCCCC(=O)N[C@H](CSC[C@@H](COC(=O)CCCCCCCCCCCCCCCC)OC(=O)CCCCCCCCCCCCCCCC)C(=O)Nc1cn(C2OC(CO)C(O)C(O)C2O)nn1. The number of thioether (sulfide) groups is 1. The maximum atomic E-state index is 14.0. The number of nitrogens with one attached hydrogen (secondary N) is 2. The summed E-state index contributed by atoms with van der Waals surface area (Å²) >= 11 is 1.30. The first-order chi connectivity index (χ1) is 40.0. The van der Waals surface area contributed by atoms with E-state index < -0.39 is 55.3 Å². The highest BCUT2D eigenvalue weighted by atomic mass is 32.2. The smallest absolute Gasteiger partial charge is 0.306 e. The van der Waals surface area contributed by atoms with Gasteiger partial charge in [-0.3, -0.25) is 19.2 Å². The molecule has 0 saturated carbocycles. The zero-order valence-electron chi connectivity index (χ0n) is 52.2. The molecule has 82 heavy (non-hydrogen) atoms. The third-order valence-electron chi connectivity index (χ3n) is 16.1. The standard InChI is InChI=1S/C65H121N5O11S/c1-4-7-10-13-16-19-22-25-28-31-34-37-40-43-46-58(72)66-55(64(78)67-57-49-70(69-68-57)65-63(77)62(76)61(75)56(50-71)81-65)53-82-52-54(80-60(74)48-45-42-39-36-33-30-27-24-21-18-15-12-9-6-3)51-79-59(73)47-44-41-38-35-32-29-26-23-20-17-14-11-8-5-2/h49,54-56,61-63,65,71,75-77H,4-48,50-53H2,1-3H3,(H,66,72)(H,67,78)/t54-,55-,56?,61?,62?,63?,65?/m1/s1. The Morgan fingerprint density at radius 2 is 0.927 bits per heavy atom. The molecule has 1 saturated heterocycles. The summed E-state index contributed by atoms with van der Waals surface area (Å²) in [5, 5.41) is 54.6. The zero-order valence-corrected chi connectivity index (χ0v) is 53.0. The summed E-state index contributed by atoms with van der Waals surface area (Å²) in [6.45, 7) is 6.02. The summed E-state index contributed by atoms with van der Waals surface area (Å²) in [6, 6.07) is -1.05. The molecule has 1 aromatic rings. The molecule has 1 fully saturated rings. The molecule has 0 radical (unpaired) electrons. The van der Waals surface area contributed by atoms with Gasteiger partial charge in [-0.1, -0.05) is 276 Å². The predicted molar refractivity (Wildman–Crippen MR) is 333 cm³/mol. The van der Waals surface area contributed by atoms with Crippen molar-refractivity contribution in [3.05, 3.63) is 6.20 Å². The van der Waals surface area contributed by atoms with Crippen LogP contribution in [0.5, 0.6) is 0 Å². The molecule has 1 aromatic heterocycles. The fraction of sp³-hybridized carbons (Fsp3) is 0.908. The summed E-state index contributed by atoms with van der Waals surface area (Å²) in [6.07, 6.45) is 44.8. The van der Waals surface area contributed by atoms with Gasteiger partial charge in [-0.25, -0.2) is 4.68 Å². The van der Waals surface area contributed by atoms with E-state index in [9.17, 15) is 39.6 Å². The molecular weight excluding hydrogens is 1060 g/mol. The van der Waals surface area contributed by atoms with E-state index in [0.717, 1.165) is 62.5 Å². The highest BCUT2D eigenvalue weighted by molar-refractivity contribution is 7.99. The van der Waals surface area contributed by atoms with E-state index >= 15 is 0 Å². The van der Waals surface area contributed by atoms with Gasteiger partial charge in [0.1, 0.15) is 43.2 Å². The lowest BCUT2D eigenvalue weighted by Gasteiger charge is -2.39. The Balaban J connectivity index is 1.99. The minimum absolute atomic E-state index is 0.0285. The van der Waals surface area contributed by atoms with Crippen LogP contribution in [0.2, 0.25) is 0 Å². The van der Waals surface area contributed by atoms with Crippen LogP contribution in [0, 0.1) is 0 Å². The third kappa shape index (κ3) is 39.0. The van der Waals surface area contributed by atoms with E-state index in [2.05, 4.69) is 41.7 Å². The molecular formula is C65H121N5O11S. The molecule has 6 N–H and O–H groups in total. The van der Waals surface area contributed by atoms with Crippen LogP contribution in [0.1, 0.15) is 316 Å². The van der Waals surface area contributed by atoms with Gasteiger partial charge in [-0.15, -0.1) is 5.10 Å². The molecule has 0 aliphatic carbocycles. The van der Waals surface area contributed by atoms with Crippen molar-refractivity contribution < 1.29 is 53.8 Å². The normalized spacial score (nSPS) is 17.9. The Labute approximate surface area is 502 Å². The van der Waals surface area contributed by atoms with Crippen molar-refractivity contribution in [3.63, 3.8) is 0 Å². The van der Waals surface area contributed by atoms with Crippen LogP contribution in [0.3, 0.4) is 0 Å². The monoisotopic (exact) mass is 1180 g/mol. The second-order valence-electron chi connectivity index (χ2n) is 23.8. The lowest BCUT2D eigenvalue weighted by molar-refractivity contribution is -0.254. The number of rotatable bonds is 57. The zero-order chi connectivity index (χ0) is 59.5. The molecule has 2 heterocycles. The molecule has 1 aliphatic rings. The number of esters is 2. The van der Waals surface area contributed by atoms with Gasteiger partial charge in [0.15, 0.2) is 12.0 Å². The first kappa shape index (κ1) is 75.3. The van der Waals surface area contributed by atoms with Crippen LogP contribution in [0.15, 0.2) is 6.20 Å². The average Bonchev–Trinajstić information content (AvgIpc) is 4.04. The maximum Gasteiger partial charge on any atom is 0.306 e. The van der Waals surface area contributed by atoms with Gasteiger partial charge in [0.2, 0.25) is 11.8 Å². The van der Waals surface area contributed by atoms with Crippen LogP contribution in [-0.2, 0) is 33.4 Å². The van der Waals surface area contributed by atoms with Gasteiger partial charge in [-0.2, -0.15) is 11.8 Å². The fourth-order valence-electron chi connectivity index (χ4n) is 10.8. The van der Waals surface area contributed by atoms with Crippen LogP contribution < -0.4 is 10.6 Å². The van der Waals surface area contributed by atoms with E-state index in [-0.39, 0.29) is 54.6 Å². The van der Waals surface area contributed by atoms with E-state index in [1.54, 1.807) is 0 Å². The number of carbonyl (C=O) groups excluding carboxylic acids is 4. The number of anilines is 1. The van der Waals surface area contributed by atoms with Gasteiger partial charge in [-0.05, 0) is 19.3 Å². The Hall–Kier alpha value is -2.83. The molecule has 0 bridgehead atoms. The van der Waals surface area contributed by atoms with Crippen molar-refractivity contribution in [2.24, 2.45) is 0 Å². The number of aliphatic hydroxyl groups is 4. The van der Waals surface area contributed by atoms with E-state index in [1.807, 2.05) is 0 Å². The number of ether oxygens (including phenoxy) is 3. The van der Waals surface area contributed by atoms with Crippen molar-refractivity contribution >= 4 is 41.3 Å². The summed E-state index contributed by atoms with van der Waals surface area (Å²) in [5.74, 6) is -1.28. The van der Waals surface area contributed by atoms with Gasteiger partial charge >= 0.3 is 11.9 Å². The lowest BCUT2D eigenvalue weighted by Crippen LogP contribution is -2.56. The number of amides is 2. The fourth-order valence-corrected chi connectivity index (χ4v) is 11.8. The first-order valence-corrected chi connectivity index (χ1v) is 34.9. The largest absolute Gasteiger partial charge is 0.462 e. The Morgan fingerprint density at radius 3 is 1.34 bits per heavy atom. The number of unbranched alkanes of at least 4 members (excludes halogenated alkanes) is 39. The molecule has 2 rings (SSSR count). The highest BCUT2D eigenvalue weighted by Crippen LogP contribution is 2.28. The van der Waals surface area contributed by atoms with E-state index in [0.29, 0.717) is 19.3 Å². The molecule has 478 valence electrons. The topological polar surface area (TPSA) is 232 Å². The minimum Gasteiger partial charge on any atom is -0.462 e. The lowest BCUT2D eigenvalue weighted by atomic mass is 9.98. The number of aromatic nitrogens is 3. The number of nitrogens with zero attached hydrogens (tertiary/aromatic N) is 3. The van der Waals surface area contributed by atoms with E-state index in [1.165, 1.54) is 217 Å². The van der Waals surface area contributed by atoms with Crippen LogP contribution in [0.4, 0.5) is 5.82 Å². The molecule has 1 aliphatic heterocycles. The van der Waals surface area contributed by atoms with Crippen molar-refractivity contribution in [2.75, 3.05) is 30.0 Å². The summed E-state index contributed by atoms with van der Waals surface area (Å²) < 4.78 is 18.4. The molecule has 17 heteroatoms. The summed E-state index contributed by atoms with van der Waals surface area (Å²) in [4.78, 5) is 53.8. The quantitative estimate of drug-likeness (QED) is 0.0263. The minimum atomic E-state index is -1.64. The molecule has 5 unspecified atom stereocenters. The maximum absolute atomic E-state index is 14.0. The third-order valence-corrected chi connectivity index (χ3v) is 17.3. The van der Waals surface area contributed by atoms with Crippen molar-refractivity contribution in [1.29, 1.82) is 0 Å². The molecule has 16 nitrogen and oxygen atoms in total. The second kappa shape index (κ2) is 52.5. The Morgan fingerprint density at radius 1 is 0.537 bits per heavy atom. The van der Waals surface area contributed by atoms with Gasteiger partial charge < -0.3 is 45.3 Å². The number of aliphatic hydroxyl groups excluding tert-OH is 4. The van der Waals surface area contributed by atoms with Crippen molar-refractivity contribution in [3.8, 4) is 0 Å². The van der Waals surface area contributed by atoms with Crippen LogP contribution in [0.25, 0.3) is 0 Å². The second-order valence-corrected chi connectivity index (χ2v) is 24.9. The molecule has 0 spiro atoms. The van der Waals surface area contributed by atoms with Crippen LogP contribution >= 0.6 is 11.8 Å².